The Morgan fingerprint density at radius 2 is 1.95 bits per heavy atom. The van der Waals surface area contributed by atoms with Crippen LogP contribution in [0.3, 0.4) is 0 Å². The van der Waals surface area contributed by atoms with Crippen LogP contribution in [0.25, 0.3) is 11.3 Å². The molecule has 1 aliphatic heterocycles. The van der Waals surface area contributed by atoms with Gasteiger partial charge in [0.2, 0.25) is 0 Å². The van der Waals surface area contributed by atoms with E-state index in [0.29, 0.717) is 18.2 Å². The van der Waals surface area contributed by atoms with Gasteiger partial charge >= 0.3 is 0 Å². The van der Waals surface area contributed by atoms with Crippen LogP contribution in [0.1, 0.15) is 17.8 Å². The Labute approximate surface area is 126 Å². The molecule has 0 saturated carbocycles. The molecule has 0 aliphatic carbocycles. The predicted molar refractivity (Wildman–Crippen MR) is 79.9 cm³/mol. The van der Waals surface area contributed by atoms with Crippen LogP contribution in [0.2, 0.25) is 5.02 Å². The van der Waals surface area contributed by atoms with E-state index in [1.165, 1.54) is 0 Å². The van der Waals surface area contributed by atoms with Gasteiger partial charge < -0.3 is 4.74 Å². The summed E-state index contributed by atoms with van der Waals surface area (Å²) in [5, 5.41) is 13.2. The number of rotatable bonds is 2. The van der Waals surface area contributed by atoms with Gasteiger partial charge in [-0.2, -0.15) is 5.26 Å². The van der Waals surface area contributed by atoms with Gasteiger partial charge in [0, 0.05) is 29.2 Å². The van der Waals surface area contributed by atoms with Crippen LogP contribution < -0.4 is 0 Å². The van der Waals surface area contributed by atoms with E-state index in [0.717, 1.165) is 29.1 Å². The van der Waals surface area contributed by atoms with E-state index >= 15 is 0 Å². The molecule has 3 rings (SSSR count). The van der Waals surface area contributed by atoms with Gasteiger partial charge in [-0.15, -0.1) is 11.3 Å². The van der Waals surface area contributed by atoms with Crippen molar-refractivity contribution in [3.05, 3.63) is 39.7 Å². The molecule has 0 bridgehead atoms. The van der Waals surface area contributed by atoms with Crippen molar-refractivity contribution in [2.45, 2.75) is 18.3 Å². The molecule has 0 amide bonds. The molecule has 2 heterocycles. The molecule has 0 N–H and O–H groups in total. The van der Waals surface area contributed by atoms with Crippen molar-refractivity contribution in [2.75, 3.05) is 13.2 Å². The van der Waals surface area contributed by atoms with E-state index in [9.17, 15) is 5.26 Å². The molecule has 3 nitrogen and oxygen atoms in total. The molecule has 2 aromatic rings. The first-order valence-electron chi connectivity index (χ1n) is 6.44. The Hall–Kier alpha value is -1.41. The van der Waals surface area contributed by atoms with E-state index < -0.39 is 5.41 Å². The van der Waals surface area contributed by atoms with Crippen LogP contribution in [0.15, 0.2) is 29.6 Å². The lowest BCUT2D eigenvalue weighted by Crippen LogP contribution is -2.32. The molecule has 1 aliphatic rings. The number of hydrogen-bond donors (Lipinski definition) is 0. The molecule has 0 unspecified atom stereocenters. The average molecular weight is 305 g/mol. The minimum absolute atomic E-state index is 0.479. The summed E-state index contributed by atoms with van der Waals surface area (Å²) < 4.78 is 5.36. The molecule has 5 heteroatoms. The zero-order valence-electron chi connectivity index (χ0n) is 10.8. The third kappa shape index (κ3) is 2.45. The highest BCUT2D eigenvalue weighted by atomic mass is 35.5. The Morgan fingerprint density at radius 1 is 1.25 bits per heavy atom. The molecule has 0 atom stereocenters. The molecule has 1 aromatic heterocycles. The van der Waals surface area contributed by atoms with Gasteiger partial charge in [0.25, 0.3) is 0 Å². The average Bonchev–Trinajstić information content (AvgIpc) is 2.99. The number of benzene rings is 1. The zero-order valence-corrected chi connectivity index (χ0v) is 12.4. The molecule has 1 fully saturated rings. The van der Waals surface area contributed by atoms with Crippen molar-refractivity contribution in [3.63, 3.8) is 0 Å². The molecule has 20 heavy (non-hydrogen) atoms. The van der Waals surface area contributed by atoms with Gasteiger partial charge in [0.05, 0.1) is 11.8 Å². The summed E-state index contributed by atoms with van der Waals surface area (Å²) >= 11 is 7.45. The lowest BCUT2D eigenvalue weighted by Gasteiger charge is -2.28. The summed E-state index contributed by atoms with van der Waals surface area (Å²) in [6.45, 7) is 1.26. The summed E-state index contributed by atoms with van der Waals surface area (Å²) in [6.07, 6.45) is 1.44. The fourth-order valence-electron chi connectivity index (χ4n) is 2.34. The number of hydrogen-bond acceptors (Lipinski definition) is 4. The third-order valence-corrected chi connectivity index (χ3v) is 4.91. The second-order valence-corrected chi connectivity index (χ2v) is 6.15. The minimum Gasteiger partial charge on any atom is -0.381 e. The number of ether oxygens (including phenoxy) is 1. The van der Waals surface area contributed by atoms with Crippen LogP contribution in [0, 0.1) is 11.3 Å². The van der Waals surface area contributed by atoms with Gasteiger partial charge in [0.1, 0.15) is 10.4 Å². The number of halogens is 1. The van der Waals surface area contributed by atoms with E-state index in [4.69, 9.17) is 16.3 Å². The standard InChI is InChI=1S/C15H13ClN2OS/c16-12-3-1-11(2-4-12)13-9-20-14(18-13)15(10-17)5-7-19-8-6-15/h1-4,9H,5-8H2. The SMILES string of the molecule is N#CC1(c2nc(-c3ccc(Cl)cc3)cs2)CCOCC1. The summed E-state index contributed by atoms with van der Waals surface area (Å²) in [4.78, 5) is 4.67. The monoisotopic (exact) mass is 304 g/mol. The topological polar surface area (TPSA) is 45.9 Å². The highest BCUT2D eigenvalue weighted by molar-refractivity contribution is 7.10. The number of nitriles is 1. The van der Waals surface area contributed by atoms with Crippen molar-refractivity contribution in [2.24, 2.45) is 0 Å². The number of thiazole rings is 1. The second kappa shape index (κ2) is 5.53. The molecule has 102 valence electrons. The maximum Gasteiger partial charge on any atom is 0.114 e. The Morgan fingerprint density at radius 3 is 2.60 bits per heavy atom. The van der Waals surface area contributed by atoms with Gasteiger partial charge in [-0.1, -0.05) is 23.7 Å². The van der Waals surface area contributed by atoms with Crippen molar-refractivity contribution in [1.29, 1.82) is 5.26 Å². The molecule has 0 radical (unpaired) electrons. The Bertz CT molecular complexity index is 639. The lowest BCUT2D eigenvalue weighted by atomic mass is 9.82. The summed E-state index contributed by atoms with van der Waals surface area (Å²) in [5.74, 6) is 0. The van der Waals surface area contributed by atoms with Crippen LogP contribution in [0.4, 0.5) is 0 Å². The fourth-order valence-corrected chi connectivity index (χ4v) is 3.50. The quantitative estimate of drug-likeness (QED) is 0.841. The Kier molecular flexibility index (Phi) is 3.75. The van der Waals surface area contributed by atoms with Crippen LogP contribution >= 0.6 is 22.9 Å². The maximum absolute atomic E-state index is 9.55. The summed E-state index contributed by atoms with van der Waals surface area (Å²) in [7, 11) is 0. The summed E-state index contributed by atoms with van der Waals surface area (Å²) in [6, 6.07) is 10.1. The fraction of sp³-hybridized carbons (Fsp3) is 0.333. The first-order chi connectivity index (χ1) is 9.73. The van der Waals surface area contributed by atoms with Crippen LogP contribution in [-0.4, -0.2) is 18.2 Å². The van der Waals surface area contributed by atoms with Gasteiger partial charge in [-0.3, -0.25) is 0 Å². The number of aromatic nitrogens is 1. The van der Waals surface area contributed by atoms with Gasteiger partial charge in [-0.05, 0) is 25.0 Å². The Balaban J connectivity index is 1.93. The minimum atomic E-state index is -0.479. The highest BCUT2D eigenvalue weighted by Gasteiger charge is 2.37. The normalized spacial score (nSPS) is 17.6. The first kappa shape index (κ1) is 13.6. The van der Waals surface area contributed by atoms with Crippen LogP contribution in [-0.2, 0) is 10.2 Å². The molecule has 0 spiro atoms. The first-order valence-corrected chi connectivity index (χ1v) is 7.70. The highest BCUT2D eigenvalue weighted by Crippen LogP contribution is 2.37. The van der Waals surface area contributed by atoms with Crippen LogP contribution in [0.5, 0.6) is 0 Å². The van der Waals surface area contributed by atoms with Crippen molar-refractivity contribution >= 4 is 22.9 Å². The zero-order chi connectivity index (χ0) is 14.0. The largest absolute Gasteiger partial charge is 0.381 e. The summed E-state index contributed by atoms with van der Waals surface area (Å²) in [5.41, 5.74) is 1.45. The van der Waals surface area contributed by atoms with Gasteiger partial charge in [0.15, 0.2) is 0 Å². The van der Waals surface area contributed by atoms with E-state index in [-0.39, 0.29) is 0 Å². The molecular weight excluding hydrogens is 292 g/mol. The third-order valence-electron chi connectivity index (χ3n) is 3.61. The predicted octanol–water partition coefficient (Wildman–Crippen LogP) is 4.04. The van der Waals surface area contributed by atoms with Crippen molar-refractivity contribution in [1.82, 2.24) is 4.98 Å². The van der Waals surface area contributed by atoms with E-state index in [1.54, 1.807) is 11.3 Å². The van der Waals surface area contributed by atoms with Gasteiger partial charge in [-0.25, -0.2) is 4.98 Å². The molecule has 1 aromatic carbocycles. The van der Waals surface area contributed by atoms with E-state index in [2.05, 4.69) is 11.1 Å². The smallest absolute Gasteiger partial charge is 0.114 e. The molecule has 1 saturated heterocycles. The maximum atomic E-state index is 9.55. The number of nitrogens with zero attached hydrogens (tertiary/aromatic N) is 2. The molecular formula is C15H13ClN2OS. The lowest BCUT2D eigenvalue weighted by molar-refractivity contribution is 0.0675. The van der Waals surface area contributed by atoms with E-state index in [1.807, 2.05) is 29.6 Å². The van der Waals surface area contributed by atoms with Crippen molar-refractivity contribution in [3.8, 4) is 17.3 Å². The second-order valence-electron chi connectivity index (χ2n) is 4.85. The van der Waals surface area contributed by atoms with Crippen molar-refractivity contribution < 1.29 is 4.74 Å².